The lowest BCUT2D eigenvalue weighted by atomic mass is 10.1. The molecule has 3 heterocycles. The lowest BCUT2D eigenvalue weighted by molar-refractivity contribution is 0.383. The standard InChI is InChI=1S/C21H26N6O3S/c1-15-12-19(16(2)11-18(15)30-4)31(28,29)27-9-7-25(8-10-27)20-13-21(24-17(3)23-20)26-6-5-22-14-26/h5-6,11-14H,7-10H2,1-4H3. The second-order valence-electron chi connectivity index (χ2n) is 7.58. The van der Waals surface area contributed by atoms with E-state index in [9.17, 15) is 8.42 Å². The molecule has 164 valence electrons. The first-order valence-corrected chi connectivity index (χ1v) is 11.5. The fourth-order valence-electron chi connectivity index (χ4n) is 3.78. The Labute approximate surface area is 182 Å². The predicted molar refractivity (Wildman–Crippen MR) is 117 cm³/mol. The molecule has 1 saturated heterocycles. The van der Waals surface area contributed by atoms with E-state index in [1.165, 1.54) is 0 Å². The van der Waals surface area contributed by atoms with Gasteiger partial charge in [-0.2, -0.15) is 4.31 Å². The van der Waals surface area contributed by atoms with E-state index in [0.717, 1.165) is 17.2 Å². The Morgan fingerprint density at radius 1 is 0.935 bits per heavy atom. The van der Waals surface area contributed by atoms with Crippen LogP contribution in [0.15, 0.2) is 41.8 Å². The zero-order chi connectivity index (χ0) is 22.2. The Morgan fingerprint density at radius 3 is 2.29 bits per heavy atom. The first-order chi connectivity index (χ1) is 14.8. The summed E-state index contributed by atoms with van der Waals surface area (Å²) in [6.07, 6.45) is 5.22. The Hall–Kier alpha value is -2.98. The zero-order valence-electron chi connectivity index (χ0n) is 18.1. The molecule has 4 rings (SSSR count). The monoisotopic (exact) mass is 442 g/mol. The van der Waals surface area contributed by atoms with E-state index in [2.05, 4.69) is 19.9 Å². The second kappa shape index (κ2) is 8.27. The maximum atomic E-state index is 13.3. The molecule has 1 fully saturated rings. The normalized spacial score (nSPS) is 15.3. The molecule has 0 bridgehead atoms. The van der Waals surface area contributed by atoms with Crippen LogP contribution < -0.4 is 9.64 Å². The number of imidazole rings is 1. The van der Waals surface area contributed by atoms with Crippen LogP contribution >= 0.6 is 0 Å². The Bertz CT molecular complexity index is 1190. The lowest BCUT2D eigenvalue weighted by Crippen LogP contribution is -2.49. The molecular weight excluding hydrogens is 416 g/mol. The van der Waals surface area contributed by atoms with Crippen molar-refractivity contribution in [3.63, 3.8) is 0 Å². The maximum Gasteiger partial charge on any atom is 0.243 e. The third-order valence-electron chi connectivity index (χ3n) is 5.45. The van der Waals surface area contributed by atoms with Crippen molar-refractivity contribution >= 4 is 15.8 Å². The highest BCUT2D eigenvalue weighted by Crippen LogP contribution is 2.28. The molecule has 1 aromatic carbocycles. The van der Waals surface area contributed by atoms with E-state index in [1.807, 2.05) is 30.7 Å². The minimum absolute atomic E-state index is 0.333. The molecule has 0 radical (unpaired) electrons. The van der Waals surface area contributed by atoms with Gasteiger partial charge in [-0.15, -0.1) is 0 Å². The molecule has 31 heavy (non-hydrogen) atoms. The zero-order valence-corrected chi connectivity index (χ0v) is 18.9. The number of hydrogen-bond donors (Lipinski definition) is 0. The highest BCUT2D eigenvalue weighted by molar-refractivity contribution is 7.89. The van der Waals surface area contributed by atoms with Crippen LogP contribution in [0, 0.1) is 20.8 Å². The van der Waals surface area contributed by atoms with E-state index in [4.69, 9.17) is 4.74 Å². The molecule has 0 N–H and O–H groups in total. The summed E-state index contributed by atoms with van der Waals surface area (Å²) in [6, 6.07) is 5.37. The summed E-state index contributed by atoms with van der Waals surface area (Å²) >= 11 is 0. The number of aromatic nitrogens is 4. The van der Waals surface area contributed by atoms with Gasteiger partial charge in [0.25, 0.3) is 0 Å². The number of anilines is 1. The molecule has 0 unspecified atom stereocenters. The van der Waals surface area contributed by atoms with Gasteiger partial charge >= 0.3 is 0 Å². The SMILES string of the molecule is COc1cc(C)c(S(=O)(=O)N2CCN(c3cc(-n4ccnc4)nc(C)n3)CC2)cc1C. The van der Waals surface area contributed by atoms with Gasteiger partial charge in [-0.05, 0) is 44.0 Å². The molecular formula is C21H26N6O3S. The summed E-state index contributed by atoms with van der Waals surface area (Å²) < 4.78 is 35.3. The van der Waals surface area contributed by atoms with Crippen LogP contribution in [-0.4, -0.2) is 65.5 Å². The molecule has 0 aliphatic carbocycles. The van der Waals surface area contributed by atoms with Crippen molar-refractivity contribution in [3.8, 4) is 11.6 Å². The quantitative estimate of drug-likeness (QED) is 0.597. The first kappa shape index (κ1) is 21.3. The van der Waals surface area contributed by atoms with Crippen molar-refractivity contribution in [2.75, 3.05) is 38.2 Å². The average molecular weight is 443 g/mol. The lowest BCUT2D eigenvalue weighted by Gasteiger charge is -2.35. The maximum absolute atomic E-state index is 13.3. The minimum atomic E-state index is -3.59. The van der Waals surface area contributed by atoms with E-state index < -0.39 is 10.0 Å². The van der Waals surface area contributed by atoms with Crippen molar-refractivity contribution in [2.24, 2.45) is 0 Å². The highest BCUT2D eigenvalue weighted by Gasteiger charge is 2.30. The topological polar surface area (TPSA) is 93.5 Å². The van der Waals surface area contributed by atoms with Crippen LogP contribution in [-0.2, 0) is 10.0 Å². The van der Waals surface area contributed by atoms with Gasteiger partial charge in [0.15, 0.2) is 0 Å². The molecule has 0 amide bonds. The Morgan fingerprint density at radius 2 is 1.65 bits per heavy atom. The van der Waals surface area contributed by atoms with E-state index >= 15 is 0 Å². The summed E-state index contributed by atoms with van der Waals surface area (Å²) in [6.45, 7) is 7.36. The molecule has 0 atom stereocenters. The van der Waals surface area contributed by atoms with Gasteiger partial charge in [-0.1, -0.05) is 0 Å². The van der Waals surface area contributed by atoms with Crippen LogP contribution in [0.25, 0.3) is 5.82 Å². The average Bonchev–Trinajstić information content (AvgIpc) is 3.29. The van der Waals surface area contributed by atoms with Crippen molar-refractivity contribution in [3.05, 3.63) is 53.9 Å². The number of hydrogen-bond acceptors (Lipinski definition) is 7. The number of nitrogens with zero attached hydrogens (tertiary/aromatic N) is 6. The molecule has 3 aromatic rings. The van der Waals surface area contributed by atoms with Crippen molar-refractivity contribution in [1.82, 2.24) is 23.8 Å². The number of sulfonamides is 1. The largest absolute Gasteiger partial charge is 0.496 e. The molecule has 0 spiro atoms. The number of rotatable bonds is 5. The van der Waals surface area contributed by atoms with Gasteiger partial charge in [0.1, 0.15) is 29.5 Å². The van der Waals surface area contributed by atoms with Crippen LogP contribution in [0.1, 0.15) is 17.0 Å². The van der Waals surface area contributed by atoms with Gasteiger partial charge in [0.2, 0.25) is 10.0 Å². The van der Waals surface area contributed by atoms with Gasteiger partial charge in [-0.3, -0.25) is 4.57 Å². The third kappa shape index (κ3) is 4.13. The van der Waals surface area contributed by atoms with Crippen molar-refractivity contribution in [2.45, 2.75) is 25.7 Å². The summed E-state index contributed by atoms with van der Waals surface area (Å²) in [5.41, 5.74) is 1.48. The molecule has 1 aliphatic rings. The van der Waals surface area contributed by atoms with Gasteiger partial charge in [0.05, 0.1) is 12.0 Å². The Balaban J connectivity index is 1.53. The third-order valence-corrected chi connectivity index (χ3v) is 7.49. The van der Waals surface area contributed by atoms with Crippen molar-refractivity contribution in [1.29, 1.82) is 0 Å². The van der Waals surface area contributed by atoms with Crippen LogP contribution in [0.4, 0.5) is 5.82 Å². The number of benzene rings is 1. The summed E-state index contributed by atoms with van der Waals surface area (Å²) in [7, 11) is -2.01. The fourth-order valence-corrected chi connectivity index (χ4v) is 5.50. The molecule has 9 nitrogen and oxygen atoms in total. The summed E-state index contributed by atoms with van der Waals surface area (Å²) in [5.74, 6) is 2.86. The number of methoxy groups -OCH3 is 1. The highest BCUT2D eigenvalue weighted by atomic mass is 32.2. The predicted octanol–water partition coefficient (Wildman–Crippen LogP) is 2.11. The second-order valence-corrected chi connectivity index (χ2v) is 9.49. The van der Waals surface area contributed by atoms with Gasteiger partial charge in [0, 0.05) is 44.6 Å². The Kier molecular flexibility index (Phi) is 5.67. The fraction of sp³-hybridized carbons (Fsp3) is 0.381. The molecule has 10 heteroatoms. The summed E-state index contributed by atoms with van der Waals surface area (Å²) in [5, 5.41) is 0. The van der Waals surface area contributed by atoms with Crippen LogP contribution in [0.3, 0.4) is 0 Å². The number of ether oxygens (including phenoxy) is 1. The van der Waals surface area contributed by atoms with E-state index in [0.29, 0.717) is 48.2 Å². The first-order valence-electron chi connectivity index (χ1n) is 10.0. The smallest absolute Gasteiger partial charge is 0.243 e. The number of piperazine rings is 1. The van der Waals surface area contributed by atoms with Crippen LogP contribution in [0.2, 0.25) is 0 Å². The van der Waals surface area contributed by atoms with E-state index in [-0.39, 0.29) is 0 Å². The molecule has 0 saturated carbocycles. The van der Waals surface area contributed by atoms with Gasteiger partial charge in [-0.25, -0.2) is 23.4 Å². The van der Waals surface area contributed by atoms with Gasteiger partial charge < -0.3 is 9.64 Å². The molecule has 1 aliphatic heterocycles. The van der Waals surface area contributed by atoms with E-state index in [1.54, 1.807) is 43.0 Å². The van der Waals surface area contributed by atoms with Crippen LogP contribution in [0.5, 0.6) is 5.75 Å². The molecule has 2 aromatic heterocycles. The summed E-state index contributed by atoms with van der Waals surface area (Å²) in [4.78, 5) is 15.5. The van der Waals surface area contributed by atoms with Crippen molar-refractivity contribution < 1.29 is 13.2 Å². The number of aryl methyl sites for hydroxylation is 3. The minimum Gasteiger partial charge on any atom is -0.496 e.